The lowest BCUT2D eigenvalue weighted by atomic mass is 10.2. The van der Waals surface area contributed by atoms with Gasteiger partial charge in [0.05, 0.1) is 16.9 Å². The van der Waals surface area contributed by atoms with Crippen molar-refractivity contribution in [1.29, 1.82) is 0 Å². The second kappa shape index (κ2) is 7.59. The Morgan fingerprint density at radius 2 is 1.93 bits per heavy atom. The average molecular weight is 399 g/mol. The maximum atomic E-state index is 11.2. The Balaban J connectivity index is 1.52. The van der Waals surface area contributed by atoms with E-state index in [1.54, 1.807) is 29.8 Å². The first-order valence-corrected chi connectivity index (χ1v) is 10.0. The summed E-state index contributed by atoms with van der Waals surface area (Å²) in [4.78, 5) is 26.4. The molecule has 9 heteroatoms. The zero-order chi connectivity index (χ0) is 19.7. The number of rotatable bonds is 5. The maximum absolute atomic E-state index is 11.2. The highest BCUT2D eigenvalue weighted by Gasteiger charge is 2.23. The normalized spacial score (nSPS) is 14.5. The lowest BCUT2D eigenvalue weighted by Gasteiger charge is -2.37. The highest BCUT2D eigenvalue weighted by atomic mass is 32.1. The number of nitrogens with zero attached hydrogens (tertiary/aromatic N) is 5. The molecule has 8 nitrogen and oxygen atoms in total. The number of thiophene rings is 1. The highest BCUT2D eigenvalue weighted by molar-refractivity contribution is 7.18. The summed E-state index contributed by atoms with van der Waals surface area (Å²) in [7, 11) is 0. The number of fused-ring (bicyclic) bond motifs is 1. The van der Waals surface area contributed by atoms with Crippen LogP contribution in [-0.4, -0.2) is 47.7 Å². The molecule has 0 unspecified atom stereocenters. The topological polar surface area (TPSA) is 84.6 Å². The molecule has 3 aromatic rings. The molecule has 1 aliphatic rings. The van der Waals surface area contributed by atoms with Crippen LogP contribution in [0.5, 0.6) is 5.75 Å². The molecule has 1 saturated heterocycles. The Hall–Kier alpha value is -2.94. The fourth-order valence-electron chi connectivity index (χ4n) is 3.51. The summed E-state index contributed by atoms with van der Waals surface area (Å²) in [5.74, 6) is 1.30. The van der Waals surface area contributed by atoms with Crippen LogP contribution in [-0.2, 0) is 0 Å². The van der Waals surface area contributed by atoms with Crippen LogP contribution < -0.4 is 14.5 Å². The summed E-state index contributed by atoms with van der Waals surface area (Å²) in [5.41, 5.74) is 0.938. The van der Waals surface area contributed by atoms with E-state index in [0.717, 1.165) is 47.9 Å². The first-order chi connectivity index (χ1) is 13.6. The largest absolute Gasteiger partial charge is 0.487 e. The molecule has 0 saturated carbocycles. The van der Waals surface area contributed by atoms with Crippen molar-refractivity contribution in [1.82, 2.24) is 9.97 Å². The average Bonchev–Trinajstić information content (AvgIpc) is 3.08. The maximum Gasteiger partial charge on any atom is 0.311 e. The van der Waals surface area contributed by atoms with Crippen molar-refractivity contribution in [2.45, 2.75) is 13.8 Å². The van der Waals surface area contributed by atoms with E-state index in [-0.39, 0.29) is 5.69 Å². The molecule has 28 heavy (non-hydrogen) atoms. The Labute approximate surface area is 166 Å². The van der Waals surface area contributed by atoms with Gasteiger partial charge >= 0.3 is 5.69 Å². The van der Waals surface area contributed by atoms with E-state index in [2.05, 4.69) is 32.8 Å². The van der Waals surface area contributed by atoms with Gasteiger partial charge in [-0.05, 0) is 26.0 Å². The Morgan fingerprint density at radius 3 is 2.64 bits per heavy atom. The SMILES string of the molecule is CCOc1cc(N2CCN(c3ncnc4sc(C)cc34)CC2)ccc1[N+](=O)[O-]. The minimum Gasteiger partial charge on any atom is -0.487 e. The van der Waals surface area contributed by atoms with E-state index < -0.39 is 4.92 Å². The van der Waals surface area contributed by atoms with Crippen molar-refractivity contribution in [3.63, 3.8) is 0 Å². The summed E-state index contributed by atoms with van der Waals surface area (Å²) in [5, 5.41) is 12.3. The first kappa shape index (κ1) is 18.4. The van der Waals surface area contributed by atoms with Gasteiger partial charge in [-0.2, -0.15) is 0 Å². The number of aryl methyl sites for hydroxylation is 1. The smallest absolute Gasteiger partial charge is 0.311 e. The van der Waals surface area contributed by atoms with Gasteiger partial charge in [0.1, 0.15) is 17.0 Å². The quantitative estimate of drug-likeness (QED) is 0.478. The molecule has 0 bridgehead atoms. The molecule has 1 aromatic carbocycles. The minimum atomic E-state index is -0.407. The number of hydrogen-bond donors (Lipinski definition) is 0. The van der Waals surface area contributed by atoms with Gasteiger partial charge in [-0.15, -0.1) is 11.3 Å². The number of nitro benzene ring substituents is 1. The lowest BCUT2D eigenvalue weighted by molar-refractivity contribution is -0.385. The van der Waals surface area contributed by atoms with Gasteiger partial charge < -0.3 is 14.5 Å². The Bertz CT molecular complexity index is 1010. The number of nitro groups is 1. The predicted octanol–water partition coefficient (Wildman–Crippen LogP) is 3.63. The molecule has 1 fully saturated rings. The molecule has 0 atom stereocenters. The molecule has 2 aromatic heterocycles. The molecule has 146 valence electrons. The molecule has 0 spiro atoms. The van der Waals surface area contributed by atoms with Crippen LogP contribution in [0.2, 0.25) is 0 Å². The molecule has 3 heterocycles. The molecule has 0 amide bonds. The van der Waals surface area contributed by atoms with Crippen LogP contribution in [0.25, 0.3) is 10.2 Å². The molecule has 0 aliphatic carbocycles. The molecule has 0 radical (unpaired) electrons. The van der Waals surface area contributed by atoms with Gasteiger partial charge in [-0.25, -0.2) is 9.97 Å². The third kappa shape index (κ3) is 3.45. The van der Waals surface area contributed by atoms with Gasteiger partial charge in [-0.1, -0.05) is 0 Å². The second-order valence-electron chi connectivity index (χ2n) is 6.59. The molecule has 4 rings (SSSR count). The number of aromatic nitrogens is 2. The van der Waals surface area contributed by atoms with Crippen LogP contribution >= 0.6 is 11.3 Å². The monoisotopic (exact) mass is 399 g/mol. The number of piperazine rings is 1. The van der Waals surface area contributed by atoms with E-state index in [1.807, 2.05) is 6.92 Å². The van der Waals surface area contributed by atoms with Crippen molar-refractivity contribution >= 4 is 38.7 Å². The summed E-state index contributed by atoms with van der Waals surface area (Å²) < 4.78 is 5.48. The molecule has 0 N–H and O–H groups in total. The van der Waals surface area contributed by atoms with Crippen LogP contribution in [0.4, 0.5) is 17.2 Å². The first-order valence-electron chi connectivity index (χ1n) is 9.19. The van der Waals surface area contributed by atoms with Crippen molar-refractivity contribution in [2.24, 2.45) is 0 Å². The number of ether oxygens (including phenoxy) is 1. The summed E-state index contributed by atoms with van der Waals surface area (Å²) in [6.07, 6.45) is 1.63. The third-order valence-corrected chi connectivity index (χ3v) is 5.77. The van der Waals surface area contributed by atoms with Gasteiger partial charge in [0.15, 0.2) is 5.75 Å². The lowest BCUT2D eigenvalue weighted by Crippen LogP contribution is -2.46. The summed E-state index contributed by atoms with van der Waals surface area (Å²) in [6.45, 7) is 7.55. The predicted molar refractivity (Wildman–Crippen MR) is 111 cm³/mol. The van der Waals surface area contributed by atoms with Crippen molar-refractivity contribution in [2.75, 3.05) is 42.6 Å². The van der Waals surface area contributed by atoms with E-state index in [9.17, 15) is 10.1 Å². The molecular weight excluding hydrogens is 378 g/mol. The summed E-state index contributed by atoms with van der Waals surface area (Å²) in [6, 6.07) is 7.23. The Morgan fingerprint density at radius 1 is 1.18 bits per heavy atom. The van der Waals surface area contributed by atoms with Crippen LogP contribution in [0, 0.1) is 17.0 Å². The minimum absolute atomic E-state index is 0.000409. The highest BCUT2D eigenvalue weighted by Crippen LogP contribution is 2.33. The van der Waals surface area contributed by atoms with E-state index in [0.29, 0.717) is 12.4 Å². The fraction of sp³-hybridized carbons (Fsp3) is 0.368. The number of benzene rings is 1. The van der Waals surface area contributed by atoms with Crippen molar-refractivity contribution in [3.05, 3.63) is 45.6 Å². The van der Waals surface area contributed by atoms with Gasteiger partial charge in [-0.3, -0.25) is 10.1 Å². The van der Waals surface area contributed by atoms with Crippen molar-refractivity contribution < 1.29 is 9.66 Å². The van der Waals surface area contributed by atoms with Crippen LogP contribution in [0.3, 0.4) is 0 Å². The zero-order valence-corrected chi connectivity index (χ0v) is 16.6. The molecular formula is C19H21N5O3S. The molecule has 1 aliphatic heterocycles. The zero-order valence-electron chi connectivity index (χ0n) is 15.8. The third-order valence-electron chi connectivity index (χ3n) is 4.82. The van der Waals surface area contributed by atoms with Gasteiger partial charge in [0.25, 0.3) is 0 Å². The van der Waals surface area contributed by atoms with E-state index in [4.69, 9.17) is 4.74 Å². The van der Waals surface area contributed by atoms with Crippen LogP contribution in [0.1, 0.15) is 11.8 Å². The van der Waals surface area contributed by atoms with Crippen molar-refractivity contribution in [3.8, 4) is 5.75 Å². The van der Waals surface area contributed by atoms with Gasteiger partial charge in [0.2, 0.25) is 0 Å². The van der Waals surface area contributed by atoms with Crippen LogP contribution in [0.15, 0.2) is 30.6 Å². The fourth-order valence-corrected chi connectivity index (χ4v) is 4.36. The standard InChI is InChI=1S/C19H21N5O3S/c1-3-27-17-11-14(4-5-16(17)24(25)26)22-6-8-23(9-7-22)18-15-10-13(2)28-19(15)21-12-20-18/h4-5,10-12H,3,6-9H2,1-2H3. The summed E-state index contributed by atoms with van der Waals surface area (Å²) >= 11 is 1.68. The number of hydrogen-bond acceptors (Lipinski definition) is 8. The van der Waals surface area contributed by atoms with E-state index >= 15 is 0 Å². The Kier molecular flexibility index (Phi) is 4.99. The second-order valence-corrected chi connectivity index (χ2v) is 7.82. The van der Waals surface area contributed by atoms with E-state index in [1.165, 1.54) is 10.9 Å². The number of anilines is 2. The van der Waals surface area contributed by atoms with Gasteiger partial charge in [0, 0.05) is 48.9 Å².